The summed E-state index contributed by atoms with van der Waals surface area (Å²) in [5.41, 5.74) is 0.967. The summed E-state index contributed by atoms with van der Waals surface area (Å²) >= 11 is 0. The number of rotatable bonds is 11. The molecule has 6 nitrogen and oxygen atoms in total. The van der Waals surface area contributed by atoms with Crippen molar-refractivity contribution in [2.75, 3.05) is 27.4 Å². The molecule has 2 aromatic carbocycles. The van der Waals surface area contributed by atoms with Gasteiger partial charge in [0.15, 0.2) is 11.5 Å². The van der Waals surface area contributed by atoms with E-state index in [9.17, 15) is 5.11 Å². The maximum absolute atomic E-state index is 10.6. The molecule has 3 rings (SSSR count). The Morgan fingerprint density at radius 3 is 2.45 bits per heavy atom. The minimum absolute atomic E-state index is 0.202. The molecule has 0 aliphatic heterocycles. The van der Waals surface area contributed by atoms with Crippen molar-refractivity contribution in [3.05, 3.63) is 78.3 Å². The predicted molar refractivity (Wildman–Crippen MR) is 110 cm³/mol. The summed E-state index contributed by atoms with van der Waals surface area (Å²) in [6.07, 6.45) is 0.982. The van der Waals surface area contributed by atoms with Crippen molar-refractivity contribution in [1.82, 2.24) is 4.90 Å². The van der Waals surface area contributed by atoms with E-state index in [1.54, 1.807) is 20.5 Å². The third-order valence-corrected chi connectivity index (χ3v) is 4.49. The van der Waals surface area contributed by atoms with Crippen LogP contribution in [0.15, 0.2) is 71.3 Å². The zero-order valence-corrected chi connectivity index (χ0v) is 16.8. The van der Waals surface area contributed by atoms with Gasteiger partial charge in [0.1, 0.15) is 24.2 Å². The number of aliphatic hydroxyl groups is 1. The second kappa shape index (κ2) is 10.5. The number of nitrogens with zero attached hydrogens (tertiary/aromatic N) is 1. The SMILES string of the molecule is COc1cccc(CN(Cc2ccco2)CC(O)COc2ccccc2)c1OC. The van der Waals surface area contributed by atoms with Gasteiger partial charge in [-0.3, -0.25) is 4.90 Å². The Hall–Kier alpha value is -2.96. The van der Waals surface area contributed by atoms with Gasteiger partial charge in [-0.1, -0.05) is 30.3 Å². The summed E-state index contributed by atoms with van der Waals surface area (Å²) in [5, 5.41) is 10.6. The van der Waals surface area contributed by atoms with Gasteiger partial charge in [0.05, 0.1) is 27.0 Å². The molecule has 0 aliphatic rings. The Labute approximate surface area is 171 Å². The molecule has 0 aliphatic carbocycles. The van der Waals surface area contributed by atoms with Crippen molar-refractivity contribution in [2.24, 2.45) is 0 Å². The van der Waals surface area contributed by atoms with Gasteiger partial charge < -0.3 is 23.7 Å². The average Bonchev–Trinajstić information content (AvgIpc) is 3.25. The van der Waals surface area contributed by atoms with E-state index in [1.807, 2.05) is 60.7 Å². The van der Waals surface area contributed by atoms with E-state index >= 15 is 0 Å². The van der Waals surface area contributed by atoms with Crippen molar-refractivity contribution in [2.45, 2.75) is 19.2 Å². The number of methoxy groups -OCH3 is 2. The molecule has 1 unspecified atom stereocenters. The lowest BCUT2D eigenvalue weighted by Gasteiger charge is -2.25. The molecule has 3 aromatic rings. The van der Waals surface area contributed by atoms with Crippen molar-refractivity contribution in [3.8, 4) is 17.2 Å². The first-order chi connectivity index (χ1) is 14.2. The molecule has 0 amide bonds. The van der Waals surface area contributed by atoms with Gasteiger partial charge in [-0.25, -0.2) is 0 Å². The van der Waals surface area contributed by atoms with E-state index in [-0.39, 0.29) is 6.61 Å². The van der Waals surface area contributed by atoms with Gasteiger partial charge in [-0.2, -0.15) is 0 Å². The minimum atomic E-state index is -0.665. The summed E-state index contributed by atoms with van der Waals surface area (Å²) < 4.78 is 22.1. The summed E-state index contributed by atoms with van der Waals surface area (Å²) in [6.45, 7) is 1.72. The van der Waals surface area contributed by atoms with Crippen LogP contribution in [0.1, 0.15) is 11.3 Å². The Morgan fingerprint density at radius 2 is 1.76 bits per heavy atom. The van der Waals surface area contributed by atoms with E-state index in [0.717, 1.165) is 17.1 Å². The third-order valence-electron chi connectivity index (χ3n) is 4.49. The smallest absolute Gasteiger partial charge is 0.165 e. The van der Waals surface area contributed by atoms with Gasteiger partial charge in [0, 0.05) is 18.7 Å². The lowest BCUT2D eigenvalue weighted by molar-refractivity contribution is 0.0601. The Balaban J connectivity index is 1.69. The highest BCUT2D eigenvalue weighted by Gasteiger charge is 2.18. The molecule has 29 heavy (non-hydrogen) atoms. The predicted octanol–water partition coefficient (Wildman–Crippen LogP) is 3.74. The van der Waals surface area contributed by atoms with Crippen LogP contribution in [-0.2, 0) is 13.1 Å². The molecule has 0 saturated heterocycles. The van der Waals surface area contributed by atoms with Gasteiger partial charge in [-0.05, 0) is 30.3 Å². The van der Waals surface area contributed by atoms with E-state index < -0.39 is 6.10 Å². The standard InChI is InChI=1S/C23H27NO5/c1-26-22-12-6-8-18(23(22)27-2)14-24(16-21-11-7-13-28-21)15-19(25)17-29-20-9-4-3-5-10-20/h3-13,19,25H,14-17H2,1-2H3. The van der Waals surface area contributed by atoms with Crippen LogP contribution in [0.3, 0.4) is 0 Å². The molecule has 154 valence electrons. The first-order valence-electron chi connectivity index (χ1n) is 9.50. The average molecular weight is 397 g/mol. The van der Waals surface area contributed by atoms with Crippen LogP contribution < -0.4 is 14.2 Å². The molecule has 0 radical (unpaired) electrons. The maximum Gasteiger partial charge on any atom is 0.165 e. The lowest BCUT2D eigenvalue weighted by atomic mass is 10.1. The van der Waals surface area contributed by atoms with E-state index in [0.29, 0.717) is 31.1 Å². The van der Waals surface area contributed by atoms with Gasteiger partial charge in [0.2, 0.25) is 0 Å². The largest absolute Gasteiger partial charge is 0.493 e. The molecule has 1 atom stereocenters. The molecule has 0 spiro atoms. The van der Waals surface area contributed by atoms with Gasteiger partial charge >= 0.3 is 0 Å². The molecular weight excluding hydrogens is 370 g/mol. The molecule has 1 aromatic heterocycles. The number of benzene rings is 2. The topological polar surface area (TPSA) is 64.3 Å². The summed E-state index contributed by atoms with van der Waals surface area (Å²) in [4.78, 5) is 2.09. The highest BCUT2D eigenvalue weighted by Crippen LogP contribution is 2.31. The van der Waals surface area contributed by atoms with Crippen LogP contribution in [-0.4, -0.2) is 43.5 Å². The van der Waals surface area contributed by atoms with E-state index in [4.69, 9.17) is 18.6 Å². The fraction of sp³-hybridized carbons (Fsp3) is 0.304. The second-order valence-electron chi connectivity index (χ2n) is 6.68. The fourth-order valence-electron chi connectivity index (χ4n) is 3.19. The van der Waals surface area contributed by atoms with Gasteiger partial charge in [0.25, 0.3) is 0 Å². The molecule has 0 fully saturated rings. The van der Waals surface area contributed by atoms with Crippen molar-refractivity contribution < 1.29 is 23.7 Å². The normalized spacial score (nSPS) is 12.0. The number of ether oxygens (including phenoxy) is 3. The molecule has 6 heteroatoms. The summed E-state index contributed by atoms with van der Waals surface area (Å²) in [7, 11) is 3.24. The number of hydrogen-bond donors (Lipinski definition) is 1. The number of furan rings is 1. The lowest BCUT2D eigenvalue weighted by Crippen LogP contribution is -2.35. The maximum atomic E-state index is 10.6. The zero-order valence-electron chi connectivity index (χ0n) is 16.8. The van der Waals surface area contributed by atoms with Crippen LogP contribution in [0.5, 0.6) is 17.2 Å². The third kappa shape index (κ3) is 6.01. The number of aliphatic hydroxyl groups excluding tert-OH is 1. The second-order valence-corrected chi connectivity index (χ2v) is 6.68. The van der Waals surface area contributed by atoms with Crippen molar-refractivity contribution >= 4 is 0 Å². The van der Waals surface area contributed by atoms with Crippen LogP contribution in [0.4, 0.5) is 0 Å². The monoisotopic (exact) mass is 397 g/mol. The van der Waals surface area contributed by atoms with Crippen molar-refractivity contribution in [3.63, 3.8) is 0 Å². The molecule has 1 N–H and O–H groups in total. The molecule has 0 saturated carbocycles. The van der Waals surface area contributed by atoms with E-state index in [2.05, 4.69) is 4.90 Å². The molecular formula is C23H27NO5. The Kier molecular flexibility index (Phi) is 7.55. The van der Waals surface area contributed by atoms with Crippen LogP contribution >= 0.6 is 0 Å². The minimum Gasteiger partial charge on any atom is -0.493 e. The highest BCUT2D eigenvalue weighted by atomic mass is 16.5. The van der Waals surface area contributed by atoms with Crippen LogP contribution in [0.25, 0.3) is 0 Å². The number of hydrogen-bond acceptors (Lipinski definition) is 6. The first kappa shape index (κ1) is 20.8. The number of para-hydroxylation sites is 2. The van der Waals surface area contributed by atoms with Crippen molar-refractivity contribution in [1.29, 1.82) is 0 Å². The Bertz CT molecular complexity index is 851. The molecule has 0 bridgehead atoms. The van der Waals surface area contributed by atoms with Crippen LogP contribution in [0, 0.1) is 0 Å². The highest BCUT2D eigenvalue weighted by molar-refractivity contribution is 5.46. The van der Waals surface area contributed by atoms with Crippen LogP contribution in [0.2, 0.25) is 0 Å². The quantitative estimate of drug-likeness (QED) is 0.532. The molecule has 1 heterocycles. The zero-order chi connectivity index (χ0) is 20.5. The van der Waals surface area contributed by atoms with E-state index in [1.165, 1.54) is 0 Å². The van der Waals surface area contributed by atoms with Gasteiger partial charge in [-0.15, -0.1) is 0 Å². The fourth-order valence-corrected chi connectivity index (χ4v) is 3.19. The summed E-state index contributed by atoms with van der Waals surface area (Å²) in [6, 6.07) is 19.0. The summed E-state index contributed by atoms with van der Waals surface area (Å²) in [5.74, 6) is 2.92. The Morgan fingerprint density at radius 1 is 0.931 bits per heavy atom. The first-order valence-corrected chi connectivity index (χ1v) is 9.50.